The van der Waals surface area contributed by atoms with Gasteiger partial charge in [-0.2, -0.15) is 25.4 Å². The molecule has 280 valence electrons. The minimum Gasteiger partial charge on any atom is -0.373 e. The van der Waals surface area contributed by atoms with E-state index >= 15 is 0 Å². The van der Waals surface area contributed by atoms with Crippen molar-refractivity contribution in [1.29, 1.82) is 5.26 Å². The lowest BCUT2D eigenvalue weighted by atomic mass is 9.98. The van der Waals surface area contributed by atoms with E-state index in [-0.39, 0.29) is 0 Å². The molecule has 0 amide bonds. The molecule has 0 spiro atoms. The molecule has 2 heterocycles. The molecule has 2 aromatic rings. The number of allylic oxidation sites excluding steroid dienone is 5. The van der Waals surface area contributed by atoms with Crippen molar-refractivity contribution in [2.75, 3.05) is 27.2 Å². The van der Waals surface area contributed by atoms with Gasteiger partial charge in [0.15, 0.2) is 0 Å². The van der Waals surface area contributed by atoms with Gasteiger partial charge in [0.1, 0.15) is 18.2 Å². The lowest BCUT2D eigenvalue weighted by Crippen LogP contribution is -2.30. The van der Waals surface area contributed by atoms with E-state index in [1.54, 1.807) is 31.9 Å². The van der Waals surface area contributed by atoms with E-state index in [2.05, 4.69) is 79.1 Å². The Labute approximate surface area is 322 Å². The monoisotopic (exact) mass is 745 g/mol. The molecule has 11 heteroatoms. The minimum atomic E-state index is 0.333. The summed E-state index contributed by atoms with van der Waals surface area (Å²) in [7, 11) is 5.69. The van der Waals surface area contributed by atoms with Gasteiger partial charge in [0.25, 0.3) is 0 Å². The van der Waals surface area contributed by atoms with Crippen molar-refractivity contribution in [3.63, 3.8) is 0 Å². The van der Waals surface area contributed by atoms with Crippen molar-refractivity contribution in [2.24, 2.45) is 12.1 Å². The number of likely N-dealkylation sites (N-methyl/N-ethyl adjacent to an activating group) is 2. The van der Waals surface area contributed by atoms with Gasteiger partial charge in [-0.1, -0.05) is 101 Å². The Balaban J connectivity index is 0.000000393. The molecule has 0 N–H and O–H groups in total. The second kappa shape index (κ2) is 22.4. The fourth-order valence-electron chi connectivity index (χ4n) is 5.55. The molecule has 0 radical (unpaired) electrons. The fourth-order valence-corrected chi connectivity index (χ4v) is 6.12. The van der Waals surface area contributed by atoms with Gasteiger partial charge in [-0.3, -0.25) is 4.90 Å². The molecule has 9 nitrogen and oxygen atoms in total. The standard InChI is InChI=1S/C27H40N6.C11H12Cl2.C3H5N3/c1-11-21(4)18-26(19-28)24(7)31(10)17-16-30(9)22(5)14-15-23(6)32-20-29-33(25(32)8)27(12-2)13-3;12-9-5-6-10(11(13)7-9)8-3-1-2-4-8;1-6-4-2-3-5-6/h14-15,18,20,27H,4-8,11-13,16-17H2,1-3,9-10H3;5-8H,1-4H2;2-3H,1H3/b15-14-,26-18-;;. The summed E-state index contributed by atoms with van der Waals surface area (Å²) in [5, 5.41) is 24.9. The zero-order chi connectivity index (χ0) is 38.8. The van der Waals surface area contributed by atoms with Gasteiger partial charge in [0.05, 0.1) is 24.0 Å². The zero-order valence-electron chi connectivity index (χ0n) is 32.0. The SMILES string of the molecule is C=C(/C=C(/C#N)C(=C)N(C)CCN(C)C(=C)/C=C\C(=C)N1C=NN(C(CC)CC)C1=C)CC.Clc1ccc(C2CCCC2)c(Cl)c1.Cn1nccn1. The summed E-state index contributed by atoms with van der Waals surface area (Å²) in [6, 6.07) is 8.40. The smallest absolute Gasteiger partial charge is 0.128 e. The third-order valence-electron chi connectivity index (χ3n) is 9.15. The number of benzene rings is 1. The van der Waals surface area contributed by atoms with Gasteiger partial charge in [0, 0.05) is 61.4 Å². The molecular weight excluding hydrogens is 689 g/mol. The second-order valence-electron chi connectivity index (χ2n) is 12.8. The normalized spacial score (nSPS) is 14.2. The van der Waals surface area contributed by atoms with E-state index < -0.39 is 0 Å². The van der Waals surface area contributed by atoms with E-state index in [4.69, 9.17) is 23.2 Å². The van der Waals surface area contributed by atoms with E-state index in [1.165, 1.54) is 36.0 Å². The van der Waals surface area contributed by atoms with Crippen LogP contribution in [0.1, 0.15) is 77.2 Å². The Kier molecular flexibility index (Phi) is 18.8. The Bertz CT molecular complexity index is 1640. The van der Waals surface area contributed by atoms with Crippen LogP contribution in [0, 0.1) is 11.3 Å². The number of nitriles is 1. The van der Waals surface area contributed by atoms with Gasteiger partial charge < -0.3 is 9.80 Å². The molecule has 4 rings (SSSR count). The topological polar surface area (TPSA) is 79.8 Å². The largest absolute Gasteiger partial charge is 0.373 e. The molecule has 2 aliphatic rings. The molecule has 1 saturated carbocycles. The highest BCUT2D eigenvalue weighted by atomic mass is 35.5. The first kappa shape index (κ1) is 43.6. The van der Waals surface area contributed by atoms with Crippen LogP contribution in [0.15, 0.2) is 121 Å². The van der Waals surface area contributed by atoms with Crippen molar-refractivity contribution < 1.29 is 0 Å². The average molecular weight is 747 g/mol. The van der Waals surface area contributed by atoms with Crippen LogP contribution in [0.2, 0.25) is 10.0 Å². The van der Waals surface area contributed by atoms with Crippen molar-refractivity contribution in [2.45, 2.75) is 77.7 Å². The van der Waals surface area contributed by atoms with Gasteiger partial charge in [0.2, 0.25) is 0 Å². The highest BCUT2D eigenvalue weighted by molar-refractivity contribution is 6.35. The predicted octanol–water partition coefficient (Wildman–Crippen LogP) is 10.1. The van der Waals surface area contributed by atoms with Crippen LogP contribution in [0.4, 0.5) is 0 Å². The quantitative estimate of drug-likeness (QED) is 0.133. The van der Waals surface area contributed by atoms with Crippen LogP contribution in [-0.2, 0) is 7.05 Å². The maximum Gasteiger partial charge on any atom is 0.128 e. The highest BCUT2D eigenvalue weighted by Gasteiger charge is 2.25. The third kappa shape index (κ3) is 13.6. The van der Waals surface area contributed by atoms with Gasteiger partial charge in [-0.15, -0.1) is 0 Å². The maximum atomic E-state index is 9.45. The van der Waals surface area contributed by atoms with Crippen molar-refractivity contribution in [3.8, 4) is 6.07 Å². The fraction of sp³-hybridized carbons (Fsp3) is 0.415. The van der Waals surface area contributed by atoms with Crippen LogP contribution in [-0.4, -0.2) is 74.3 Å². The van der Waals surface area contributed by atoms with Crippen LogP contribution < -0.4 is 0 Å². The van der Waals surface area contributed by atoms with E-state index in [1.807, 2.05) is 60.1 Å². The lowest BCUT2D eigenvalue weighted by Gasteiger charge is -2.28. The number of rotatable bonds is 15. The molecule has 1 aliphatic heterocycles. The second-order valence-corrected chi connectivity index (χ2v) is 13.6. The predicted molar refractivity (Wildman–Crippen MR) is 219 cm³/mol. The summed E-state index contributed by atoms with van der Waals surface area (Å²) in [5.41, 5.74) is 5.04. The lowest BCUT2D eigenvalue weighted by molar-refractivity contribution is 0.238. The molecular formula is C41H57Cl2N9. The summed E-state index contributed by atoms with van der Waals surface area (Å²) < 4.78 is 0. The molecule has 0 atom stereocenters. The van der Waals surface area contributed by atoms with Crippen LogP contribution >= 0.6 is 23.2 Å². The molecule has 0 saturated heterocycles. The number of hydrogen-bond donors (Lipinski definition) is 0. The number of aryl methyl sites for hydroxylation is 1. The molecule has 1 aliphatic carbocycles. The van der Waals surface area contributed by atoms with Crippen molar-refractivity contribution in [1.82, 2.24) is 34.7 Å². The molecule has 1 aromatic heterocycles. The summed E-state index contributed by atoms with van der Waals surface area (Å²) in [6.07, 6.45) is 18.7. The van der Waals surface area contributed by atoms with Gasteiger partial charge >= 0.3 is 0 Å². The number of hydrogen-bond acceptors (Lipinski definition) is 8. The number of halogens is 2. The average Bonchev–Trinajstić information content (AvgIpc) is 3.93. The van der Waals surface area contributed by atoms with Gasteiger partial charge in [-0.05, 0) is 73.9 Å². The first-order valence-corrected chi connectivity index (χ1v) is 18.6. The van der Waals surface area contributed by atoms with E-state index in [0.29, 0.717) is 29.8 Å². The minimum absolute atomic E-state index is 0.333. The first-order valence-electron chi connectivity index (χ1n) is 17.8. The van der Waals surface area contributed by atoms with Crippen LogP contribution in [0.5, 0.6) is 0 Å². The maximum absolute atomic E-state index is 9.45. The Hall–Kier alpha value is -4.52. The Morgan fingerprint density at radius 2 is 1.62 bits per heavy atom. The summed E-state index contributed by atoms with van der Waals surface area (Å²) in [4.78, 5) is 7.42. The van der Waals surface area contributed by atoms with Gasteiger partial charge in [-0.25, -0.2) is 5.01 Å². The van der Waals surface area contributed by atoms with Crippen molar-refractivity contribution in [3.05, 3.63) is 131 Å². The summed E-state index contributed by atoms with van der Waals surface area (Å²) in [6.45, 7) is 28.3. The number of nitrogens with zero attached hydrogens (tertiary/aromatic N) is 9. The zero-order valence-corrected chi connectivity index (χ0v) is 33.5. The summed E-state index contributed by atoms with van der Waals surface area (Å²) in [5.74, 6) is 1.48. The third-order valence-corrected chi connectivity index (χ3v) is 9.71. The number of aromatic nitrogens is 3. The summed E-state index contributed by atoms with van der Waals surface area (Å²) >= 11 is 12.0. The Morgan fingerprint density at radius 3 is 2.13 bits per heavy atom. The molecule has 1 fully saturated rings. The van der Waals surface area contributed by atoms with E-state index in [9.17, 15) is 5.26 Å². The van der Waals surface area contributed by atoms with Crippen molar-refractivity contribution >= 4 is 29.5 Å². The molecule has 0 bridgehead atoms. The molecule has 52 heavy (non-hydrogen) atoms. The number of hydrazone groups is 1. The van der Waals surface area contributed by atoms with Crippen LogP contribution in [0.3, 0.4) is 0 Å². The van der Waals surface area contributed by atoms with Crippen LogP contribution in [0.25, 0.3) is 0 Å². The Morgan fingerprint density at radius 1 is 1.00 bits per heavy atom. The molecule has 1 aromatic carbocycles. The van der Waals surface area contributed by atoms with E-state index in [0.717, 1.165) is 58.6 Å². The first-order chi connectivity index (χ1) is 24.8. The molecule has 0 unspecified atom stereocenters. The highest BCUT2D eigenvalue weighted by Crippen LogP contribution is 2.38.